The number of hydrogen-bond acceptors (Lipinski definition) is 4. The van der Waals surface area contributed by atoms with E-state index in [1.165, 1.54) is 4.40 Å². The Kier molecular flexibility index (Phi) is 3.40. The Morgan fingerprint density at radius 2 is 2.11 bits per heavy atom. The molecule has 1 amide bonds. The van der Waals surface area contributed by atoms with Crippen LogP contribution in [0.25, 0.3) is 5.78 Å². The average molecular weight is 249 g/mol. The summed E-state index contributed by atoms with van der Waals surface area (Å²) in [6.45, 7) is 4.99. The zero-order valence-corrected chi connectivity index (χ0v) is 10.4. The van der Waals surface area contributed by atoms with E-state index in [1.807, 2.05) is 13.8 Å². The minimum atomic E-state index is -0.349. The van der Waals surface area contributed by atoms with Crippen LogP contribution in [0.3, 0.4) is 0 Å². The lowest BCUT2D eigenvalue weighted by atomic mass is 10.4. The monoisotopic (exact) mass is 249 g/mol. The van der Waals surface area contributed by atoms with E-state index in [4.69, 9.17) is 0 Å². The van der Waals surface area contributed by atoms with Gasteiger partial charge in [0.2, 0.25) is 5.91 Å². The molecule has 0 unspecified atom stereocenters. The van der Waals surface area contributed by atoms with Crippen LogP contribution in [-0.2, 0) is 11.3 Å². The van der Waals surface area contributed by atoms with Crippen molar-refractivity contribution in [1.82, 2.24) is 24.1 Å². The van der Waals surface area contributed by atoms with Crippen molar-refractivity contribution in [3.05, 3.63) is 28.9 Å². The van der Waals surface area contributed by atoms with Gasteiger partial charge in [-0.15, -0.1) is 5.10 Å². The number of likely N-dealkylation sites (N-methyl/N-ethyl adjacent to an activating group) is 1. The molecule has 0 radical (unpaired) electrons. The molecule has 0 atom stereocenters. The van der Waals surface area contributed by atoms with E-state index in [2.05, 4.69) is 10.1 Å². The SMILES string of the molecule is CCN(CC)C(=O)Cn1nc2ncccn2c1=O. The van der Waals surface area contributed by atoms with E-state index >= 15 is 0 Å². The third-order valence-electron chi connectivity index (χ3n) is 2.76. The van der Waals surface area contributed by atoms with Crippen LogP contribution in [0.4, 0.5) is 0 Å². The van der Waals surface area contributed by atoms with Crippen LogP contribution in [0.1, 0.15) is 13.8 Å². The number of carbonyl (C=O) groups excluding carboxylic acids is 1. The first-order chi connectivity index (χ1) is 8.67. The molecule has 0 saturated heterocycles. The molecule has 0 saturated carbocycles. The molecule has 2 rings (SSSR count). The predicted octanol–water partition coefficient (Wildman–Crippen LogP) is -0.241. The minimum absolute atomic E-state index is 0.0517. The summed E-state index contributed by atoms with van der Waals surface area (Å²) in [4.78, 5) is 29.4. The average Bonchev–Trinajstić information content (AvgIpc) is 2.68. The summed E-state index contributed by atoms with van der Waals surface area (Å²) < 4.78 is 2.46. The summed E-state index contributed by atoms with van der Waals surface area (Å²) in [6, 6.07) is 1.65. The van der Waals surface area contributed by atoms with Gasteiger partial charge in [0, 0.05) is 25.5 Å². The third kappa shape index (κ3) is 2.11. The number of amides is 1. The number of hydrogen-bond donors (Lipinski definition) is 0. The van der Waals surface area contributed by atoms with Gasteiger partial charge in [0.15, 0.2) is 0 Å². The fourth-order valence-electron chi connectivity index (χ4n) is 1.77. The van der Waals surface area contributed by atoms with Gasteiger partial charge in [-0.3, -0.25) is 4.79 Å². The van der Waals surface area contributed by atoms with E-state index in [1.54, 1.807) is 23.4 Å². The highest BCUT2D eigenvalue weighted by molar-refractivity contribution is 5.75. The van der Waals surface area contributed by atoms with Gasteiger partial charge in [0.05, 0.1) is 0 Å². The molecular formula is C11H15N5O2. The van der Waals surface area contributed by atoms with Crippen LogP contribution in [0, 0.1) is 0 Å². The number of fused-ring (bicyclic) bond motifs is 1. The Labute approximate surface area is 104 Å². The molecule has 18 heavy (non-hydrogen) atoms. The molecule has 0 N–H and O–H groups in total. The second-order valence-electron chi connectivity index (χ2n) is 3.80. The normalized spacial score (nSPS) is 10.8. The molecule has 96 valence electrons. The van der Waals surface area contributed by atoms with E-state index in [0.717, 1.165) is 4.68 Å². The van der Waals surface area contributed by atoms with Crippen molar-refractivity contribution < 1.29 is 4.79 Å². The minimum Gasteiger partial charge on any atom is -0.342 e. The Hall–Kier alpha value is -2.18. The van der Waals surface area contributed by atoms with Gasteiger partial charge >= 0.3 is 5.69 Å². The van der Waals surface area contributed by atoms with Crippen molar-refractivity contribution in [3.8, 4) is 0 Å². The number of nitrogens with zero attached hydrogens (tertiary/aromatic N) is 5. The predicted molar refractivity (Wildman–Crippen MR) is 65.2 cm³/mol. The smallest absolute Gasteiger partial charge is 0.342 e. The van der Waals surface area contributed by atoms with Gasteiger partial charge in [0.1, 0.15) is 6.54 Å². The molecule has 7 nitrogen and oxygen atoms in total. The zero-order chi connectivity index (χ0) is 13.1. The first kappa shape index (κ1) is 12.3. The van der Waals surface area contributed by atoms with Crippen LogP contribution in [0.15, 0.2) is 23.3 Å². The van der Waals surface area contributed by atoms with Crippen molar-refractivity contribution in [3.63, 3.8) is 0 Å². The van der Waals surface area contributed by atoms with Gasteiger partial charge in [-0.05, 0) is 19.9 Å². The van der Waals surface area contributed by atoms with Gasteiger partial charge in [-0.25, -0.2) is 18.9 Å². The standard InChI is InChI=1S/C11H15N5O2/c1-3-14(4-2)9(17)8-16-11(18)15-7-5-6-12-10(15)13-16/h5-7H,3-4,8H2,1-2H3. The molecule has 2 aromatic heterocycles. The Bertz CT molecular complexity index is 611. The van der Waals surface area contributed by atoms with E-state index < -0.39 is 0 Å². The van der Waals surface area contributed by atoms with Gasteiger partial charge in [-0.2, -0.15) is 0 Å². The maximum absolute atomic E-state index is 11.9. The molecule has 2 heterocycles. The molecular weight excluding hydrogens is 234 g/mol. The van der Waals surface area contributed by atoms with Crippen molar-refractivity contribution >= 4 is 11.7 Å². The van der Waals surface area contributed by atoms with E-state index in [0.29, 0.717) is 18.9 Å². The maximum Gasteiger partial charge on any atom is 0.352 e. The molecule has 0 aromatic carbocycles. The van der Waals surface area contributed by atoms with Crippen molar-refractivity contribution in [1.29, 1.82) is 0 Å². The molecule has 0 aliphatic carbocycles. The molecule has 2 aromatic rings. The molecule has 0 bridgehead atoms. The topological polar surface area (TPSA) is 72.5 Å². The summed E-state index contributed by atoms with van der Waals surface area (Å²) in [7, 11) is 0. The van der Waals surface area contributed by atoms with Crippen molar-refractivity contribution in [2.24, 2.45) is 0 Å². The number of rotatable bonds is 4. The van der Waals surface area contributed by atoms with Crippen LogP contribution in [-0.4, -0.2) is 43.1 Å². The summed E-state index contributed by atoms with van der Waals surface area (Å²) in [5, 5.41) is 4.01. The first-order valence-corrected chi connectivity index (χ1v) is 5.85. The number of aromatic nitrogens is 4. The second kappa shape index (κ2) is 4.99. The summed E-state index contributed by atoms with van der Waals surface area (Å²) in [6.07, 6.45) is 3.13. The second-order valence-corrected chi connectivity index (χ2v) is 3.80. The molecule has 0 spiro atoms. The van der Waals surface area contributed by atoms with Crippen LogP contribution in [0.5, 0.6) is 0 Å². The quantitative estimate of drug-likeness (QED) is 0.749. The number of carbonyl (C=O) groups is 1. The Morgan fingerprint density at radius 1 is 1.39 bits per heavy atom. The highest BCUT2D eigenvalue weighted by Crippen LogP contribution is 1.94. The first-order valence-electron chi connectivity index (χ1n) is 5.85. The van der Waals surface area contributed by atoms with E-state index in [-0.39, 0.29) is 18.1 Å². The molecule has 0 aliphatic heterocycles. The zero-order valence-electron chi connectivity index (χ0n) is 10.4. The van der Waals surface area contributed by atoms with E-state index in [9.17, 15) is 9.59 Å². The van der Waals surface area contributed by atoms with Crippen LogP contribution < -0.4 is 5.69 Å². The third-order valence-corrected chi connectivity index (χ3v) is 2.76. The van der Waals surface area contributed by atoms with Crippen molar-refractivity contribution in [2.45, 2.75) is 20.4 Å². The largest absolute Gasteiger partial charge is 0.352 e. The fourth-order valence-corrected chi connectivity index (χ4v) is 1.77. The Balaban J connectivity index is 2.30. The summed E-state index contributed by atoms with van der Waals surface area (Å²) in [5.41, 5.74) is -0.349. The summed E-state index contributed by atoms with van der Waals surface area (Å²) >= 11 is 0. The van der Waals surface area contributed by atoms with Gasteiger partial charge in [0.25, 0.3) is 5.78 Å². The molecule has 0 fully saturated rings. The van der Waals surface area contributed by atoms with Gasteiger partial charge in [-0.1, -0.05) is 0 Å². The lowest BCUT2D eigenvalue weighted by molar-refractivity contribution is -0.131. The Morgan fingerprint density at radius 3 is 2.72 bits per heavy atom. The molecule has 0 aliphatic rings. The van der Waals surface area contributed by atoms with Crippen LogP contribution >= 0.6 is 0 Å². The maximum atomic E-state index is 11.9. The molecule has 7 heteroatoms. The fraction of sp³-hybridized carbons (Fsp3) is 0.455. The lowest BCUT2D eigenvalue weighted by Gasteiger charge is -2.17. The lowest BCUT2D eigenvalue weighted by Crippen LogP contribution is -2.36. The van der Waals surface area contributed by atoms with Gasteiger partial charge < -0.3 is 4.90 Å². The highest BCUT2D eigenvalue weighted by atomic mass is 16.2. The van der Waals surface area contributed by atoms with Crippen LogP contribution in [0.2, 0.25) is 0 Å². The highest BCUT2D eigenvalue weighted by Gasteiger charge is 2.14. The van der Waals surface area contributed by atoms with Crippen molar-refractivity contribution in [2.75, 3.05) is 13.1 Å². The summed E-state index contributed by atoms with van der Waals surface area (Å²) in [5.74, 6) is 0.181.